The third-order valence-corrected chi connectivity index (χ3v) is 4.80. The fourth-order valence-electron chi connectivity index (χ4n) is 2.95. The highest BCUT2D eigenvalue weighted by molar-refractivity contribution is 9.10. The van der Waals surface area contributed by atoms with Crippen LogP contribution in [0, 0.1) is 5.92 Å². The highest BCUT2D eigenvalue weighted by atomic mass is 79.9. The molecule has 2 rings (SSSR count). The van der Waals surface area contributed by atoms with Gasteiger partial charge in [0.25, 0.3) is 0 Å². The summed E-state index contributed by atoms with van der Waals surface area (Å²) in [5, 5.41) is 6.37. The van der Waals surface area contributed by atoms with Crippen LogP contribution in [0.4, 0.5) is 5.69 Å². The normalized spacial score (nSPS) is 22.5. The van der Waals surface area contributed by atoms with E-state index in [2.05, 4.69) is 33.5 Å². The van der Waals surface area contributed by atoms with Gasteiger partial charge in [0.15, 0.2) is 0 Å². The topological polar surface area (TPSA) is 41.1 Å². The quantitative estimate of drug-likeness (QED) is 0.853. The van der Waals surface area contributed by atoms with Crippen LogP contribution < -0.4 is 10.6 Å². The van der Waals surface area contributed by atoms with Crippen molar-refractivity contribution in [2.24, 2.45) is 5.92 Å². The Labute approximate surface area is 129 Å². The first-order chi connectivity index (χ1) is 9.70. The number of halogens is 1. The fraction of sp³-hybridized carbons (Fsp3) is 0.562. The van der Waals surface area contributed by atoms with Crippen LogP contribution in [0.2, 0.25) is 0 Å². The van der Waals surface area contributed by atoms with Gasteiger partial charge in [-0.1, -0.05) is 38.3 Å². The van der Waals surface area contributed by atoms with E-state index >= 15 is 0 Å². The van der Waals surface area contributed by atoms with Crippen molar-refractivity contribution in [3.05, 3.63) is 28.7 Å². The second-order valence-corrected chi connectivity index (χ2v) is 6.32. The zero-order valence-electron chi connectivity index (χ0n) is 12.0. The van der Waals surface area contributed by atoms with E-state index < -0.39 is 0 Å². The molecule has 3 nitrogen and oxygen atoms in total. The minimum Gasteiger partial charge on any atom is -0.324 e. The summed E-state index contributed by atoms with van der Waals surface area (Å²) in [5.74, 6) is 0.748. The predicted molar refractivity (Wildman–Crippen MR) is 86.8 cm³/mol. The lowest BCUT2D eigenvalue weighted by atomic mass is 9.83. The van der Waals surface area contributed by atoms with Gasteiger partial charge in [-0.3, -0.25) is 4.79 Å². The first-order valence-electron chi connectivity index (χ1n) is 7.48. The molecule has 1 aliphatic rings. The van der Waals surface area contributed by atoms with Crippen molar-refractivity contribution in [3.63, 3.8) is 0 Å². The molecule has 1 saturated carbocycles. The van der Waals surface area contributed by atoms with Crippen molar-refractivity contribution < 1.29 is 4.79 Å². The highest BCUT2D eigenvalue weighted by Gasteiger charge is 2.23. The van der Waals surface area contributed by atoms with E-state index in [0.29, 0.717) is 12.6 Å². The molecular weight excluding hydrogens is 316 g/mol. The second-order valence-electron chi connectivity index (χ2n) is 5.47. The van der Waals surface area contributed by atoms with Gasteiger partial charge in [-0.2, -0.15) is 0 Å². The Hall–Kier alpha value is -0.870. The molecule has 0 bridgehead atoms. The number of benzene rings is 1. The van der Waals surface area contributed by atoms with Crippen molar-refractivity contribution >= 4 is 27.5 Å². The largest absolute Gasteiger partial charge is 0.324 e. The molecule has 20 heavy (non-hydrogen) atoms. The summed E-state index contributed by atoms with van der Waals surface area (Å²) < 4.78 is 0.914. The molecule has 0 heterocycles. The van der Waals surface area contributed by atoms with Gasteiger partial charge in [-0.25, -0.2) is 0 Å². The molecule has 110 valence electrons. The SMILES string of the molecule is CCC1CCCCC1NCC(=O)Nc1ccccc1Br. The van der Waals surface area contributed by atoms with Gasteiger partial charge in [0.2, 0.25) is 5.91 Å². The highest BCUT2D eigenvalue weighted by Crippen LogP contribution is 2.26. The summed E-state index contributed by atoms with van der Waals surface area (Å²) in [6, 6.07) is 8.18. The second kappa shape index (κ2) is 7.79. The van der Waals surface area contributed by atoms with Crippen LogP contribution in [-0.4, -0.2) is 18.5 Å². The van der Waals surface area contributed by atoms with Gasteiger partial charge in [0, 0.05) is 10.5 Å². The molecule has 1 fully saturated rings. The number of carbonyl (C=O) groups is 1. The number of carbonyl (C=O) groups excluding carboxylic acids is 1. The Balaban J connectivity index is 1.81. The minimum atomic E-state index is 0.0253. The Morgan fingerprint density at radius 3 is 2.80 bits per heavy atom. The predicted octanol–water partition coefficient (Wildman–Crippen LogP) is 3.95. The number of rotatable bonds is 5. The molecule has 1 amide bonds. The number of para-hydroxylation sites is 1. The molecule has 1 aromatic rings. The number of amides is 1. The molecule has 2 unspecified atom stereocenters. The lowest BCUT2D eigenvalue weighted by molar-refractivity contribution is -0.115. The molecule has 4 heteroatoms. The Morgan fingerprint density at radius 1 is 1.30 bits per heavy atom. The van der Waals surface area contributed by atoms with Crippen molar-refractivity contribution in [1.82, 2.24) is 5.32 Å². The van der Waals surface area contributed by atoms with Gasteiger partial charge in [0.05, 0.1) is 12.2 Å². The van der Waals surface area contributed by atoms with E-state index in [1.54, 1.807) is 0 Å². The van der Waals surface area contributed by atoms with Gasteiger partial charge in [-0.05, 0) is 46.8 Å². The van der Waals surface area contributed by atoms with E-state index in [0.717, 1.165) is 16.1 Å². The maximum absolute atomic E-state index is 12.0. The molecule has 0 aliphatic heterocycles. The molecule has 1 aromatic carbocycles. The van der Waals surface area contributed by atoms with Gasteiger partial charge in [0.1, 0.15) is 0 Å². The van der Waals surface area contributed by atoms with Crippen LogP contribution in [-0.2, 0) is 4.79 Å². The summed E-state index contributed by atoms with van der Waals surface area (Å²) in [7, 11) is 0. The lowest BCUT2D eigenvalue weighted by Gasteiger charge is -2.31. The first-order valence-corrected chi connectivity index (χ1v) is 8.27. The zero-order valence-corrected chi connectivity index (χ0v) is 13.6. The number of hydrogen-bond acceptors (Lipinski definition) is 2. The lowest BCUT2D eigenvalue weighted by Crippen LogP contribution is -2.42. The molecular formula is C16H23BrN2O. The molecule has 2 atom stereocenters. The Morgan fingerprint density at radius 2 is 2.05 bits per heavy atom. The van der Waals surface area contributed by atoms with E-state index in [9.17, 15) is 4.79 Å². The van der Waals surface area contributed by atoms with Crippen LogP contribution in [0.5, 0.6) is 0 Å². The van der Waals surface area contributed by atoms with Crippen LogP contribution >= 0.6 is 15.9 Å². The van der Waals surface area contributed by atoms with Crippen LogP contribution in [0.25, 0.3) is 0 Å². The molecule has 2 N–H and O–H groups in total. The van der Waals surface area contributed by atoms with Crippen molar-refractivity contribution in [1.29, 1.82) is 0 Å². The Bertz CT molecular complexity index is 450. The molecule has 0 aromatic heterocycles. The molecule has 0 spiro atoms. The number of anilines is 1. The first kappa shape index (κ1) is 15.5. The minimum absolute atomic E-state index is 0.0253. The smallest absolute Gasteiger partial charge is 0.238 e. The van der Waals surface area contributed by atoms with Crippen molar-refractivity contribution in [2.45, 2.75) is 45.1 Å². The van der Waals surface area contributed by atoms with Gasteiger partial charge >= 0.3 is 0 Å². The van der Waals surface area contributed by atoms with Gasteiger partial charge in [-0.15, -0.1) is 0 Å². The standard InChI is InChI=1S/C16H23BrN2O/c1-2-12-7-3-5-9-14(12)18-11-16(20)19-15-10-6-4-8-13(15)17/h4,6,8,10,12,14,18H,2-3,5,7,9,11H2,1H3,(H,19,20). The summed E-state index contributed by atoms with van der Waals surface area (Å²) in [5.41, 5.74) is 0.829. The third kappa shape index (κ3) is 4.32. The van der Waals surface area contributed by atoms with Crippen molar-refractivity contribution in [3.8, 4) is 0 Å². The van der Waals surface area contributed by atoms with Gasteiger partial charge < -0.3 is 10.6 Å². The summed E-state index contributed by atoms with van der Waals surface area (Å²) in [6.07, 6.45) is 6.30. The molecule has 1 aliphatic carbocycles. The van der Waals surface area contributed by atoms with E-state index in [1.807, 2.05) is 24.3 Å². The van der Waals surface area contributed by atoms with E-state index in [-0.39, 0.29) is 5.91 Å². The van der Waals surface area contributed by atoms with Crippen molar-refractivity contribution in [2.75, 3.05) is 11.9 Å². The summed E-state index contributed by atoms with van der Waals surface area (Å²) in [4.78, 5) is 12.0. The summed E-state index contributed by atoms with van der Waals surface area (Å²) in [6.45, 7) is 2.63. The van der Waals surface area contributed by atoms with Crippen LogP contribution in [0.1, 0.15) is 39.0 Å². The molecule has 0 saturated heterocycles. The van der Waals surface area contributed by atoms with E-state index in [4.69, 9.17) is 0 Å². The number of hydrogen-bond donors (Lipinski definition) is 2. The monoisotopic (exact) mass is 338 g/mol. The average molecular weight is 339 g/mol. The number of nitrogens with one attached hydrogen (secondary N) is 2. The maximum atomic E-state index is 12.0. The summed E-state index contributed by atoms with van der Waals surface area (Å²) >= 11 is 3.44. The third-order valence-electron chi connectivity index (χ3n) is 4.11. The average Bonchev–Trinajstić information content (AvgIpc) is 2.48. The fourth-order valence-corrected chi connectivity index (χ4v) is 3.33. The van der Waals surface area contributed by atoms with Crippen LogP contribution in [0.15, 0.2) is 28.7 Å². The molecule has 0 radical (unpaired) electrons. The zero-order chi connectivity index (χ0) is 14.4. The maximum Gasteiger partial charge on any atom is 0.238 e. The Kier molecular flexibility index (Phi) is 6.05. The van der Waals surface area contributed by atoms with E-state index in [1.165, 1.54) is 32.1 Å². The van der Waals surface area contributed by atoms with Crippen LogP contribution in [0.3, 0.4) is 0 Å².